The van der Waals surface area contributed by atoms with Gasteiger partial charge in [-0.2, -0.15) is 0 Å². The highest BCUT2D eigenvalue weighted by atomic mass is 79.9. The van der Waals surface area contributed by atoms with Gasteiger partial charge in [0.2, 0.25) is 0 Å². The van der Waals surface area contributed by atoms with Crippen molar-refractivity contribution in [3.63, 3.8) is 0 Å². The molecule has 0 saturated carbocycles. The molecule has 0 bridgehead atoms. The van der Waals surface area contributed by atoms with Crippen LogP contribution in [-0.4, -0.2) is 16.3 Å². The van der Waals surface area contributed by atoms with Crippen molar-refractivity contribution in [1.29, 1.82) is 0 Å². The highest BCUT2D eigenvalue weighted by molar-refractivity contribution is 9.10. The van der Waals surface area contributed by atoms with Gasteiger partial charge in [0, 0.05) is 11.6 Å². The highest BCUT2D eigenvalue weighted by Gasteiger charge is 2.20. The standard InChI is InChI=1S/C10H14BrNO2/c1-5-3-4-7(11)10(14)8(5)9(13)6(2)12/h3-4,6,9,13-14H,12H2,1-2H3. The van der Waals surface area contributed by atoms with Gasteiger partial charge in [-0.05, 0) is 41.4 Å². The fraction of sp³-hybridized carbons (Fsp3) is 0.400. The van der Waals surface area contributed by atoms with Gasteiger partial charge in [-0.1, -0.05) is 6.07 Å². The molecule has 1 aromatic carbocycles. The van der Waals surface area contributed by atoms with Crippen molar-refractivity contribution >= 4 is 15.9 Å². The summed E-state index contributed by atoms with van der Waals surface area (Å²) in [6.07, 6.45) is -0.840. The van der Waals surface area contributed by atoms with E-state index < -0.39 is 12.1 Å². The van der Waals surface area contributed by atoms with Gasteiger partial charge in [-0.3, -0.25) is 0 Å². The molecule has 0 aliphatic carbocycles. The molecule has 1 aromatic rings. The molecule has 2 unspecified atom stereocenters. The Morgan fingerprint density at radius 1 is 1.43 bits per heavy atom. The molecule has 4 heteroatoms. The van der Waals surface area contributed by atoms with Crippen molar-refractivity contribution in [3.8, 4) is 5.75 Å². The minimum atomic E-state index is -0.840. The zero-order valence-corrected chi connectivity index (χ0v) is 9.75. The van der Waals surface area contributed by atoms with Crippen molar-refractivity contribution < 1.29 is 10.2 Å². The van der Waals surface area contributed by atoms with Crippen LogP contribution in [0.1, 0.15) is 24.2 Å². The summed E-state index contributed by atoms with van der Waals surface area (Å²) < 4.78 is 0.567. The molecule has 1 rings (SSSR count). The molecular formula is C10H14BrNO2. The predicted molar refractivity (Wildman–Crippen MR) is 59.2 cm³/mol. The topological polar surface area (TPSA) is 66.5 Å². The first kappa shape index (κ1) is 11.5. The predicted octanol–water partition coefficient (Wildman–Crippen LogP) is 1.84. The molecule has 0 radical (unpaired) electrons. The molecule has 0 amide bonds. The normalized spacial score (nSPS) is 15.2. The van der Waals surface area contributed by atoms with Crippen LogP contribution in [0.3, 0.4) is 0 Å². The maximum Gasteiger partial charge on any atom is 0.135 e. The van der Waals surface area contributed by atoms with Crippen molar-refractivity contribution in [1.82, 2.24) is 0 Å². The summed E-state index contributed by atoms with van der Waals surface area (Å²) in [4.78, 5) is 0. The minimum Gasteiger partial charge on any atom is -0.506 e. The molecular weight excluding hydrogens is 246 g/mol. The molecule has 0 fully saturated rings. The summed E-state index contributed by atoms with van der Waals surface area (Å²) in [7, 11) is 0. The van der Waals surface area contributed by atoms with E-state index in [2.05, 4.69) is 15.9 Å². The van der Waals surface area contributed by atoms with Crippen molar-refractivity contribution in [2.45, 2.75) is 26.0 Å². The highest BCUT2D eigenvalue weighted by Crippen LogP contribution is 2.35. The van der Waals surface area contributed by atoms with E-state index in [0.29, 0.717) is 10.0 Å². The number of halogens is 1. The van der Waals surface area contributed by atoms with E-state index in [0.717, 1.165) is 5.56 Å². The van der Waals surface area contributed by atoms with Crippen LogP contribution in [0.15, 0.2) is 16.6 Å². The summed E-state index contributed by atoms with van der Waals surface area (Å²) in [6.45, 7) is 3.53. The molecule has 0 saturated heterocycles. The number of hydrogen-bond donors (Lipinski definition) is 3. The van der Waals surface area contributed by atoms with E-state index in [1.54, 1.807) is 13.0 Å². The molecule has 0 aliphatic rings. The van der Waals surface area contributed by atoms with E-state index in [1.165, 1.54) is 0 Å². The van der Waals surface area contributed by atoms with Crippen LogP contribution in [-0.2, 0) is 0 Å². The lowest BCUT2D eigenvalue weighted by Crippen LogP contribution is -2.25. The largest absolute Gasteiger partial charge is 0.506 e. The number of phenols is 1. The summed E-state index contributed by atoms with van der Waals surface area (Å²) in [5, 5.41) is 19.5. The summed E-state index contributed by atoms with van der Waals surface area (Å²) >= 11 is 3.20. The second-order valence-corrected chi connectivity index (χ2v) is 4.28. The number of hydrogen-bond acceptors (Lipinski definition) is 3. The van der Waals surface area contributed by atoms with E-state index in [-0.39, 0.29) is 5.75 Å². The minimum absolute atomic E-state index is 0.0646. The molecule has 0 spiro atoms. The van der Waals surface area contributed by atoms with Gasteiger partial charge >= 0.3 is 0 Å². The summed E-state index contributed by atoms with van der Waals surface area (Å²) in [5.41, 5.74) is 6.90. The van der Waals surface area contributed by atoms with Gasteiger partial charge in [0.05, 0.1) is 10.6 Å². The fourth-order valence-corrected chi connectivity index (χ4v) is 1.66. The Morgan fingerprint density at radius 3 is 2.50 bits per heavy atom. The second-order valence-electron chi connectivity index (χ2n) is 3.43. The Labute approximate surface area is 91.7 Å². The number of rotatable bonds is 2. The third kappa shape index (κ3) is 2.08. The third-order valence-corrected chi connectivity index (χ3v) is 2.82. The van der Waals surface area contributed by atoms with Gasteiger partial charge < -0.3 is 15.9 Å². The van der Waals surface area contributed by atoms with Crippen LogP contribution in [0.4, 0.5) is 0 Å². The molecule has 2 atom stereocenters. The van der Waals surface area contributed by atoms with Crippen molar-refractivity contribution in [3.05, 3.63) is 27.7 Å². The zero-order valence-electron chi connectivity index (χ0n) is 8.16. The molecule has 14 heavy (non-hydrogen) atoms. The number of phenolic OH excluding ortho intramolecular Hbond substituents is 1. The number of benzene rings is 1. The molecule has 0 aliphatic heterocycles. The van der Waals surface area contributed by atoms with Crippen LogP contribution in [0.2, 0.25) is 0 Å². The van der Waals surface area contributed by atoms with E-state index >= 15 is 0 Å². The van der Waals surface area contributed by atoms with Gasteiger partial charge in [0.1, 0.15) is 5.75 Å². The van der Waals surface area contributed by atoms with Crippen LogP contribution >= 0.6 is 15.9 Å². The SMILES string of the molecule is Cc1ccc(Br)c(O)c1C(O)C(C)N. The van der Waals surface area contributed by atoms with Crippen LogP contribution < -0.4 is 5.73 Å². The quantitative estimate of drug-likeness (QED) is 0.760. The number of aromatic hydroxyl groups is 1. The first-order valence-corrected chi connectivity index (χ1v) is 5.16. The number of aliphatic hydroxyl groups excluding tert-OH is 1. The van der Waals surface area contributed by atoms with E-state index in [9.17, 15) is 10.2 Å². The van der Waals surface area contributed by atoms with Gasteiger partial charge in [-0.15, -0.1) is 0 Å². The van der Waals surface area contributed by atoms with Gasteiger partial charge in [0.25, 0.3) is 0 Å². The molecule has 0 heterocycles. The summed E-state index contributed by atoms with van der Waals surface area (Å²) in [6, 6.07) is 3.15. The van der Waals surface area contributed by atoms with E-state index in [1.807, 2.05) is 13.0 Å². The smallest absolute Gasteiger partial charge is 0.135 e. The van der Waals surface area contributed by atoms with Crippen molar-refractivity contribution in [2.75, 3.05) is 0 Å². The van der Waals surface area contributed by atoms with Crippen LogP contribution in [0.5, 0.6) is 5.75 Å². The zero-order chi connectivity index (χ0) is 10.9. The van der Waals surface area contributed by atoms with E-state index in [4.69, 9.17) is 5.73 Å². The lowest BCUT2D eigenvalue weighted by atomic mass is 9.98. The first-order chi connectivity index (χ1) is 6.45. The van der Waals surface area contributed by atoms with Gasteiger partial charge in [0.15, 0.2) is 0 Å². The van der Waals surface area contributed by atoms with Gasteiger partial charge in [-0.25, -0.2) is 0 Å². The lowest BCUT2D eigenvalue weighted by molar-refractivity contribution is 0.149. The monoisotopic (exact) mass is 259 g/mol. The Balaban J connectivity index is 3.25. The first-order valence-electron chi connectivity index (χ1n) is 4.36. The van der Waals surface area contributed by atoms with Crippen LogP contribution in [0.25, 0.3) is 0 Å². The average molecular weight is 260 g/mol. The number of aryl methyl sites for hydroxylation is 1. The average Bonchev–Trinajstić information content (AvgIpc) is 2.12. The Kier molecular flexibility index (Phi) is 3.53. The Hall–Kier alpha value is -0.580. The van der Waals surface area contributed by atoms with Crippen molar-refractivity contribution in [2.24, 2.45) is 5.73 Å². The fourth-order valence-electron chi connectivity index (χ4n) is 1.32. The maximum atomic E-state index is 9.78. The van der Waals surface area contributed by atoms with Crippen LogP contribution in [0, 0.1) is 6.92 Å². The summed E-state index contributed by atoms with van der Waals surface area (Å²) in [5.74, 6) is 0.0646. The lowest BCUT2D eigenvalue weighted by Gasteiger charge is -2.19. The third-order valence-electron chi connectivity index (χ3n) is 2.18. The Bertz CT molecular complexity index is 339. The molecule has 4 N–H and O–H groups in total. The molecule has 78 valence electrons. The number of nitrogens with two attached hydrogens (primary N) is 1. The Morgan fingerprint density at radius 2 is 2.00 bits per heavy atom. The maximum absolute atomic E-state index is 9.78. The second kappa shape index (κ2) is 4.29. The molecule has 3 nitrogen and oxygen atoms in total. The molecule has 0 aromatic heterocycles. The number of aliphatic hydroxyl groups is 1.